The molecule has 6 heteroatoms. The van der Waals surface area contributed by atoms with Gasteiger partial charge < -0.3 is 23.8 Å². The van der Waals surface area contributed by atoms with Gasteiger partial charge in [-0.05, 0) is 35.4 Å². The second-order valence-corrected chi connectivity index (χ2v) is 4.82. The minimum absolute atomic E-state index is 0.463. The van der Waals surface area contributed by atoms with Crippen LogP contribution in [-0.2, 0) is 0 Å². The Morgan fingerprint density at radius 3 is 1.71 bits per heavy atom. The Morgan fingerprint density at radius 2 is 1.21 bits per heavy atom. The van der Waals surface area contributed by atoms with E-state index < -0.39 is 0 Å². The smallest absolute Gasteiger partial charge is 0.203 e. The zero-order valence-corrected chi connectivity index (χ0v) is 14.2. The maximum absolute atomic E-state index is 5.35. The van der Waals surface area contributed by atoms with Gasteiger partial charge in [0.05, 0.1) is 28.4 Å². The standard InChI is InChI=1S/C18H21NO5/c1-20-14-8-7-12(9-15(14)24-19)5-6-13-10-16(21-2)18(23-4)17(11-13)22-3/h5-11H,19H2,1-4H3. The van der Waals surface area contributed by atoms with E-state index >= 15 is 0 Å². The predicted molar refractivity (Wildman–Crippen MR) is 92.8 cm³/mol. The summed E-state index contributed by atoms with van der Waals surface area (Å²) >= 11 is 0. The van der Waals surface area contributed by atoms with Gasteiger partial charge in [-0.1, -0.05) is 18.2 Å². The molecule has 0 atom stereocenters. The molecule has 2 N–H and O–H groups in total. The Hall–Kier alpha value is -2.86. The fourth-order valence-electron chi connectivity index (χ4n) is 2.28. The Morgan fingerprint density at radius 1 is 0.667 bits per heavy atom. The first-order valence-corrected chi connectivity index (χ1v) is 7.19. The Kier molecular flexibility index (Phi) is 5.92. The van der Waals surface area contributed by atoms with Gasteiger partial charge in [0.15, 0.2) is 23.0 Å². The second kappa shape index (κ2) is 8.12. The van der Waals surface area contributed by atoms with Gasteiger partial charge in [-0.25, -0.2) is 0 Å². The Balaban J connectivity index is 2.35. The maximum atomic E-state index is 5.35. The number of hydrogen-bond donors (Lipinski definition) is 1. The molecule has 0 spiro atoms. The molecule has 0 aromatic heterocycles. The lowest BCUT2D eigenvalue weighted by Gasteiger charge is -2.12. The first-order valence-electron chi connectivity index (χ1n) is 7.19. The topological polar surface area (TPSA) is 72.2 Å². The minimum atomic E-state index is 0.463. The molecule has 0 bridgehead atoms. The van der Waals surface area contributed by atoms with E-state index in [1.165, 1.54) is 0 Å². The van der Waals surface area contributed by atoms with E-state index in [4.69, 9.17) is 29.7 Å². The molecule has 128 valence electrons. The van der Waals surface area contributed by atoms with Crippen molar-refractivity contribution in [3.63, 3.8) is 0 Å². The van der Waals surface area contributed by atoms with Crippen molar-refractivity contribution in [2.24, 2.45) is 5.90 Å². The quantitative estimate of drug-likeness (QED) is 0.621. The molecule has 2 rings (SSSR count). The van der Waals surface area contributed by atoms with Gasteiger partial charge in [-0.3, -0.25) is 0 Å². The molecule has 0 unspecified atom stereocenters. The molecule has 0 radical (unpaired) electrons. The van der Waals surface area contributed by atoms with E-state index in [1.807, 2.05) is 30.4 Å². The zero-order valence-electron chi connectivity index (χ0n) is 14.2. The van der Waals surface area contributed by atoms with Crippen LogP contribution in [0.4, 0.5) is 0 Å². The third-order valence-corrected chi connectivity index (χ3v) is 3.47. The van der Waals surface area contributed by atoms with E-state index in [9.17, 15) is 0 Å². The first-order chi connectivity index (χ1) is 11.7. The van der Waals surface area contributed by atoms with Gasteiger partial charge >= 0.3 is 0 Å². The van der Waals surface area contributed by atoms with Crippen molar-refractivity contribution in [2.75, 3.05) is 28.4 Å². The lowest BCUT2D eigenvalue weighted by molar-refractivity contribution is 0.306. The fraction of sp³-hybridized carbons (Fsp3) is 0.222. The normalized spacial score (nSPS) is 10.5. The number of hydrogen-bond acceptors (Lipinski definition) is 6. The molecule has 0 amide bonds. The summed E-state index contributed by atoms with van der Waals surface area (Å²) in [6.07, 6.45) is 3.84. The highest BCUT2D eigenvalue weighted by Crippen LogP contribution is 2.38. The molecule has 24 heavy (non-hydrogen) atoms. The minimum Gasteiger partial charge on any atom is -0.493 e. The summed E-state index contributed by atoms with van der Waals surface area (Å²) in [5.41, 5.74) is 1.81. The van der Waals surface area contributed by atoms with Crippen LogP contribution < -0.4 is 29.7 Å². The van der Waals surface area contributed by atoms with Gasteiger partial charge in [-0.15, -0.1) is 0 Å². The highest BCUT2D eigenvalue weighted by atomic mass is 16.6. The summed E-state index contributed by atoms with van der Waals surface area (Å²) in [7, 11) is 6.29. The number of nitrogens with two attached hydrogens (primary N) is 1. The average molecular weight is 331 g/mol. The van der Waals surface area contributed by atoms with Gasteiger partial charge in [0.1, 0.15) is 0 Å². The van der Waals surface area contributed by atoms with Crippen molar-refractivity contribution < 1.29 is 23.8 Å². The van der Waals surface area contributed by atoms with Crippen molar-refractivity contribution in [1.29, 1.82) is 0 Å². The number of rotatable bonds is 7. The molecule has 0 aliphatic rings. The summed E-state index contributed by atoms with van der Waals surface area (Å²) in [6, 6.07) is 9.20. The predicted octanol–water partition coefficient (Wildman–Crippen LogP) is 3.14. The van der Waals surface area contributed by atoms with Crippen molar-refractivity contribution in [2.45, 2.75) is 0 Å². The first kappa shape index (κ1) is 17.5. The van der Waals surface area contributed by atoms with Crippen LogP contribution in [0, 0.1) is 0 Å². The third-order valence-electron chi connectivity index (χ3n) is 3.47. The number of benzene rings is 2. The van der Waals surface area contributed by atoms with Crippen LogP contribution in [0.3, 0.4) is 0 Å². The Bertz CT molecular complexity index is 702. The van der Waals surface area contributed by atoms with Crippen LogP contribution in [0.1, 0.15) is 11.1 Å². The van der Waals surface area contributed by atoms with E-state index in [1.54, 1.807) is 40.6 Å². The van der Waals surface area contributed by atoms with E-state index in [2.05, 4.69) is 0 Å². The van der Waals surface area contributed by atoms with Crippen molar-refractivity contribution in [3.8, 4) is 28.7 Å². The molecular formula is C18H21NO5. The van der Waals surface area contributed by atoms with Crippen LogP contribution in [0.5, 0.6) is 28.7 Å². The van der Waals surface area contributed by atoms with Crippen LogP contribution in [0.2, 0.25) is 0 Å². The number of ether oxygens (including phenoxy) is 4. The Labute approximate surface area is 141 Å². The maximum Gasteiger partial charge on any atom is 0.203 e. The van der Waals surface area contributed by atoms with Gasteiger partial charge in [-0.2, -0.15) is 5.90 Å². The molecule has 2 aromatic rings. The third kappa shape index (κ3) is 3.72. The van der Waals surface area contributed by atoms with Crippen LogP contribution in [0.25, 0.3) is 12.2 Å². The fourth-order valence-corrected chi connectivity index (χ4v) is 2.28. The van der Waals surface area contributed by atoms with Crippen LogP contribution in [0.15, 0.2) is 30.3 Å². The zero-order chi connectivity index (χ0) is 17.5. The lowest BCUT2D eigenvalue weighted by Crippen LogP contribution is -2.03. The summed E-state index contributed by atoms with van der Waals surface area (Å²) in [5.74, 6) is 8.04. The van der Waals surface area contributed by atoms with Crippen LogP contribution in [-0.4, -0.2) is 28.4 Å². The highest BCUT2D eigenvalue weighted by Gasteiger charge is 2.12. The molecular weight excluding hydrogens is 310 g/mol. The molecule has 0 fully saturated rings. The van der Waals surface area contributed by atoms with E-state index in [0.717, 1.165) is 11.1 Å². The van der Waals surface area contributed by atoms with Crippen molar-refractivity contribution in [3.05, 3.63) is 41.5 Å². The van der Waals surface area contributed by atoms with Crippen molar-refractivity contribution in [1.82, 2.24) is 0 Å². The number of methoxy groups -OCH3 is 4. The van der Waals surface area contributed by atoms with Gasteiger partial charge in [0.25, 0.3) is 0 Å². The largest absolute Gasteiger partial charge is 0.493 e. The van der Waals surface area contributed by atoms with E-state index in [-0.39, 0.29) is 0 Å². The summed E-state index contributed by atoms with van der Waals surface area (Å²) in [5, 5.41) is 0. The monoisotopic (exact) mass is 331 g/mol. The summed E-state index contributed by atoms with van der Waals surface area (Å²) < 4.78 is 21.2. The summed E-state index contributed by atoms with van der Waals surface area (Å²) in [6.45, 7) is 0. The molecule has 0 saturated carbocycles. The molecule has 0 aliphatic carbocycles. The molecule has 2 aromatic carbocycles. The lowest BCUT2D eigenvalue weighted by atomic mass is 10.1. The highest BCUT2D eigenvalue weighted by molar-refractivity contribution is 5.73. The molecule has 0 saturated heterocycles. The summed E-state index contributed by atoms with van der Waals surface area (Å²) in [4.78, 5) is 4.82. The SMILES string of the molecule is COc1ccc(C=Cc2cc(OC)c(OC)c(OC)c2)cc1ON. The van der Waals surface area contributed by atoms with Crippen molar-refractivity contribution >= 4 is 12.2 Å². The molecule has 6 nitrogen and oxygen atoms in total. The van der Waals surface area contributed by atoms with Gasteiger partial charge in [0, 0.05) is 0 Å². The van der Waals surface area contributed by atoms with E-state index in [0.29, 0.717) is 28.7 Å². The van der Waals surface area contributed by atoms with Gasteiger partial charge in [0.2, 0.25) is 5.75 Å². The molecule has 0 aliphatic heterocycles. The average Bonchev–Trinajstić information content (AvgIpc) is 2.64. The molecule has 0 heterocycles. The second-order valence-electron chi connectivity index (χ2n) is 4.82. The van der Waals surface area contributed by atoms with Crippen LogP contribution >= 0.6 is 0 Å².